The van der Waals surface area contributed by atoms with Crippen molar-refractivity contribution in [2.24, 2.45) is 5.73 Å². The molecule has 1 aromatic heterocycles. The molecule has 0 saturated heterocycles. The number of amides is 2. The van der Waals surface area contributed by atoms with Gasteiger partial charge >= 0.3 is 11.9 Å². The van der Waals surface area contributed by atoms with Gasteiger partial charge in [-0.25, -0.2) is 5.43 Å². The second-order valence-electron chi connectivity index (χ2n) is 8.48. The third kappa shape index (κ3) is 7.09. The number of alkyl halides is 2. The Kier molecular flexibility index (Phi) is 9.30. The summed E-state index contributed by atoms with van der Waals surface area (Å²) in [5.41, 5.74) is 9.56. The van der Waals surface area contributed by atoms with Crippen molar-refractivity contribution in [3.63, 3.8) is 0 Å². The molecule has 1 aliphatic rings. The van der Waals surface area contributed by atoms with Gasteiger partial charge in [0.1, 0.15) is 5.69 Å². The van der Waals surface area contributed by atoms with E-state index in [1.54, 1.807) is 25.1 Å². The monoisotopic (exact) mass is 535 g/mol. The van der Waals surface area contributed by atoms with E-state index in [1.165, 1.54) is 24.4 Å². The number of nitrogens with zero attached hydrogens (tertiary/aromatic N) is 2. The third-order valence-corrected chi connectivity index (χ3v) is 6.04. The van der Waals surface area contributed by atoms with Crippen LogP contribution in [-0.4, -0.2) is 47.0 Å². The lowest BCUT2D eigenvalue weighted by Crippen LogP contribution is -2.53. The lowest BCUT2D eigenvalue weighted by atomic mass is 9.96. The fourth-order valence-corrected chi connectivity index (χ4v) is 4.03. The van der Waals surface area contributed by atoms with Gasteiger partial charge in [-0.1, -0.05) is 29.3 Å². The van der Waals surface area contributed by atoms with E-state index >= 15 is 0 Å². The van der Waals surface area contributed by atoms with Gasteiger partial charge in [-0.05, 0) is 48.7 Å². The van der Waals surface area contributed by atoms with Gasteiger partial charge in [0.05, 0.1) is 12.1 Å². The first-order valence-electron chi connectivity index (χ1n) is 11.5. The van der Waals surface area contributed by atoms with Crippen LogP contribution in [0, 0.1) is 0 Å². The van der Waals surface area contributed by atoms with Crippen LogP contribution in [0.15, 0.2) is 53.7 Å². The molecule has 2 aromatic rings. The number of nitrogens with one attached hydrogen (secondary N) is 2. The van der Waals surface area contributed by atoms with Crippen LogP contribution in [0.3, 0.4) is 0 Å². The molecule has 1 unspecified atom stereocenters. The summed E-state index contributed by atoms with van der Waals surface area (Å²) >= 11 is 6.05. The highest BCUT2D eigenvalue weighted by molar-refractivity contribution is 6.30. The number of hydrazine groups is 1. The molecule has 0 bridgehead atoms. The molecule has 0 radical (unpaired) electrons. The highest BCUT2D eigenvalue weighted by Crippen LogP contribution is 2.27. The van der Waals surface area contributed by atoms with E-state index in [4.69, 9.17) is 22.1 Å². The van der Waals surface area contributed by atoms with E-state index in [0.29, 0.717) is 16.2 Å². The van der Waals surface area contributed by atoms with E-state index in [-0.39, 0.29) is 31.6 Å². The molecule has 1 aromatic carbocycles. The standard InChI is InChI=1S/C25H28ClF2N5O4/c1-15-8-10-33(32-14-25(27,28)20-5-3-4-9-30-20)24(36)21(15)22(37-16(2)34)23(35)31-13-18-11-19(26)7-6-17(18)12-29/h3-7,9,11,22,32H,8,10,12-14,29H2,1-2H3,(H,31,35). The van der Waals surface area contributed by atoms with Crippen LogP contribution in [0.25, 0.3) is 0 Å². The van der Waals surface area contributed by atoms with Crippen LogP contribution in [-0.2, 0) is 38.1 Å². The van der Waals surface area contributed by atoms with Crippen molar-refractivity contribution in [3.8, 4) is 0 Å². The topological polar surface area (TPSA) is 127 Å². The highest BCUT2D eigenvalue weighted by atomic mass is 35.5. The number of rotatable bonds is 10. The third-order valence-electron chi connectivity index (χ3n) is 5.80. The molecule has 198 valence electrons. The number of carbonyl (C=O) groups is 3. The van der Waals surface area contributed by atoms with E-state index in [9.17, 15) is 23.2 Å². The predicted octanol–water partition coefficient (Wildman–Crippen LogP) is 2.59. The zero-order chi connectivity index (χ0) is 27.2. The van der Waals surface area contributed by atoms with E-state index in [0.717, 1.165) is 17.5 Å². The molecule has 1 aliphatic heterocycles. The number of benzene rings is 1. The van der Waals surface area contributed by atoms with Crippen molar-refractivity contribution >= 4 is 29.4 Å². The first-order valence-corrected chi connectivity index (χ1v) is 11.9. The van der Waals surface area contributed by atoms with Crippen molar-refractivity contribution in [1.82, 2.24) is 20.7 Å². The average molecular weight is 536 g/mol. The molecule has 4 N–H and O–H groups in total. The molecule has 0 saturated carbocycles. The summed E-state index contributed by atoms with van der Waals surface area (Å²) in [6.45, 7) is 2.15. The summed E-state index contributed by atoms with van der Waals surface area (Å²) in [6.07, 6.45) is -0.0481. The molecule has 0 spiro atoms. The van der Waals surface area contributed by atoms with Gasteiger partial charge in [0.25, 0.3) is 11.8 Å². The molecule has 0 aliphatic carbocycles. The number of nitrogens with two attached hydrogens (primary N) is 1. The van der Waals surface area contributed by atoms with E-state index < -0.39 is 42.0 Å². The number of hydrogen-bond acceptors (Lipinski definition) is 7. The van der Waals surface area contributed by atoms with Crippen molar-refractivity contribution in [3.05, 3.63) is 75.6 Å². The molecule has 2 amide bonds. The van der Waals surface area contributed by atoms with Crippen LogP contribution in [0.2, 0.25) is 5.02 Å². The Bertz CT molecular complexity index is 1190. The van der Waals surface area contributed by atoms with Crippen LogP contribution in [0.5, 0.6) is 0 Å². The molecule has 2 heterocycles. The SMILES string of the molecule is CC(=O)OC(C(=O)NCc1cc(Cl)ccc1CN)C1=C(C)CCN(NCC(F)(F)c2ccccn2)C1=O. The summed E-state index contributed by atoms with van der Waals surface area (Å²) in [7, 11) is 0. The van der Waals surface area contributed by atoms with Crippen molar-refractivity contribution in [2.75, 3.05) is 13.1 Å². The summed E-state index contributed by atoms with van der Waals surface area (Å²) in [4.78, 5) is 41.9. The molecule has 0 fully saturated rings. The van der Waals surface area contributed by atoms with Crippen molar-refractivity contribution < 1.29 is 27.9 Å². The number of carbonyl (C=O) groups excluding carboxylic acids is 3. The molecule has 12 heteroatoms. The van der Waals surface area contributed by atoms with E-state index in [2.05, 4.69) is 15.7 Å². The molecule has 9 nitrogen and oxygen atoms in total. The number of ether oxygens (including phenoxy) is 1. The molecular formula is C25H28ClF2N5O4. The Hall–Kier alpha value is -3.41. The number of halogens is 3. The van der Waals surface area contributed by atoms with Crippen molar-refractivity contribution in [2.45, 2.75) is 45.4 Å². The Balaban J connectivity index is 1.77. The maximum absolute atomic E-state index is 14.6. The second kappa shape index (κ2) is 12.2. The zero-order valence-corrected chi connectivity index (χ0v) is 21.1. The lowest BCUT2D eigenvalue weighted by Gasteiger charge is -2.33. The van der Waals surface area contributed by atoms with E-state index in [1.807, 2.05) is 0 Å². The Morgan fingerprint density at radius 3 is 2.68 bits per heavy atom. The fraction of sp³-hybridized carbons (Fsp3) is 0.360. The first-order chi connectivity index (χ1) is 17.5. The second-order valence-corrected chi connectivity index (χ2v) is 8.92. The van der Waals surface area contributed by atoms with Gasteiger partial charge < -0.3 is 15.8 Å². The quantitative estimate of drug-likeness (QED) is 0.399. The molecule has 3 rings (SSSR count). The Morgan fingerprint density at radius 1 is 1.27 bits per heavy atom. The Labute approximate surface area is 218 Å². The number of hydrogen-bond donors (Lipinski definition) is 3. The largest absolute Gasteiger partial charge is 0.447 e. The molecular weight excluding hydrogens is 508 g/mol. The molecule has 37 heavy (non-hydrogen) atoms. The minimum atomic E-state index is -3.36. The van der Waals surface area contributed by atoms with Gasteiger partial charge in [-0.3, -0.25) is 24.4 Å². The fourth-order valence-electron chi connectivity index (χ4n) is 3.84. The number of pyridine rings is 1. The van der Waals surface area contributed by atoms with Gasteiger partial charge in [0.2, 0.25) is 6.10 Å². The molecule has 1 atom stereocenters. The van der Waals surface area contributed by atoms with Crippen LogP contribution >= 0.6 is 11.6 Å². The van der Waals surface area contributed by atoms with Gasteiger partial charge in [-0.15, -0.1) is 0 Å². The predicted molar refractivity (Wildman–Crippen MR) is 132 cm³/mol. The van der Waals surface area contributed by atoms with Crippen LogP contribution in [0.1, 0.15) is 37.1 Å². The maximum atomic E-state index is 14.6. The minimum absolute atomic E-state index is 0.0163. The smallest absolute Gasteiger partial charge is 0.303 e. The summed E-state index contributed by atoms with van der Waals surface area (Å²) in [5, 5.41) is 4.09. The van der Waals surface area contributed by atoms with Gasteiger partial charge in [-0.2, -0.15) is 8.78 Å². The van der Waals surface area contributed by atoms with Crippen LogP contribution < -0.4 is 16.5 Å². The maximum Gasteiger partial charge on any atom is 0.303 e. The van der Waals surface area contributed by atoms with Gasteiger partial charge in [0, 0.05) is 37.8 Å². The minimum Gasteiger partial charge on any atom is -0.447 e. The average Bonchev–Trinajstić information content (AvgIpc) is 2.86. The van der Waals surface area contributed by atoms with Crippen molar-refractivity contribution in [1.29, 1.82) is 0 Å². The number of aromatic nitrogens is 1. The van der Waals surface area contributed by atoms with Gasteiger partial charge in [0.15, 0.2) is 0 Å². The number of esters is 1. The Morgan fingerprint density at radius 2 is 2.03 bits per heavy atom. The van der Waals surface area contributed by atoms with Crippen LogP contribution in [0.4, 0.5) is 8.78 Å². The highest BCUT2D eigenvalue weighted by Gasteiger charge is 2.39. The summed E-state index contributed by atoms with van der Waals surface area (Å²) < 4.78 is 34.4. The summed E-state index contributed by atoms with van der Waals surface area (Å²) in [5.74, 6) is -5.64. The summed E-state index contributed by atoms with van der Waals surface area (Å²) in [6, 6.07) is 9.19. The normalized spacial score (nSPS) is 15.0. The lowest BCUT2D eigenvalue weighted by molar-refractivity contribution is -0.153. The first kappa shape index (κ1) is 28.2. The zero-order valence-electron chi connectivity index (χ0n) is 20.4.